The van der Waals surface area contributed by atoms with Crippen molar-refractivity contribution in [3.05, 3.63) is 47.6 Å². The average Bonchev–Trinajstić information content (AvgIpc) is 3.01. The second-order valence-electron chi connectivity index (χ2n) is 5.05. The lowest BCUT2D eigenvalue weighted by molar-refractivity contribution is 0.385. The zero-order valence-corrected chi connectivity index (χ0v) is 11.9. The molecular weight excluding hydrogens is 252 g/mol. The molecule has 1 aromatic carbocycles. The Morgan fingerprint density at radius 1 is 1.35 bits per heavy atom. The van der Waals surface area contributed by atoms with Crippen LogP contribution in [0.1, 0.15) is 30.2 Å². The molecule has 2 heterocycles. The molecule has 5 nitrogen and oxygen atoms in total. The maximum Gasteiger partial charge on any atom is 0.133 e. The number of hydrogen-bond acceptors (Lipinski definition) is 4. The van der Waals surface area contributed by atoms with E-state index in [-0.39, 0.29) is 6.04 Å². The summed E-state index contributed by atoms with van der Waals surface area (Å²) in [5.74, 6) is 1.85. The van der Waals surface area contributed by atoms with Crippen molar-refractivity contribution >= 4 is 11.0 Å². The molecule has 3 aromatic rings. The van der Waals surface area contributed by atoms with Gasteiger partial charge in [-0.2, -0.15) is 0 Å². The number of benzene rings is 1. The molecule has 0 amide bonds. The van der Waals surface area contributed by atoms with Gasteiger partial charge in [-0.3, -0.25) is 0 Å². The summed E-state index contributed by atoms with van der Waals surface area (Å²) >= 11 is 0. The topological polar surface area (TPSA) is 55.9 Å². The maximum absolute atomic E-state index is 5.06. The second-order valence-corrected chi connectivity index (χ2v) is 5.05. The van der Waals surface area contributed by atoms with Gasteiger partial charge in [0, 0.05) is 19.7 Å². The van der Waals surface area contributed by atoms with Crippen molar-refractivity contribution in [1.82, 2.24) is 20.0 Å². The quantitative estimate of drug-likeness (QED) is 0.792. The molecule has 5 heteroatoms. The van der Waals surface area contributed by atoms with Crippen LogP contribution >= 0.6 is 0 Å². The van der Waals surface area contributed by atoms with Crippen molar-refractivity contribution in [2.45, 2.75) is 26.4 Å². The Balaban J connectivity index is 1.78. The third-order valence-corrected chi connectivity index (χ3v) is 3.48. The Kier molecular flexibility index (Phi) is 3.28. The van der Waals surface area contributed by atoms with Crippen LogP contribution in [0.5, 0.6) is 0 Å². The van der Waals surface area contributed by atoms with Crippen LogP contribution in [0.25, 0.3) is 11.0 Å². The molecule has 1 N–H and O–H groups in total. The fourth-order valence-corrected chi connectivity index (χ4v) is 2.40. The van der Waals surface area contributed by atoms with Gasteiger partial charge in [0.25, 0.3) is 0 Å². The number of imidazole rings is 1. The van der Waals surface area contributed by atoms with Crippen LogP contribution < -0.4 is 5.32 Å². The van der Waals surface area contributed by atoms with Gasteiger partial charge in [-0.05, 0) is 26.0 Å². The molecule has 0 bridgehead atoms. The van der Waals surface area contributed by atoms with E-state index in [4.69, 9.17) is 4.52 Å². The number of para-hydroxylation sites is 2. The SMILES string of the molecule is Cc1cc(CNC(C)c2nc3ccccc3n2C)no1. The van der Waals surface area contributed by atoms with Gasteiger partial charge in [0.15, 0.2) is 0 Å². The minimum absolute atomic E-state index is 0.143. The molecule has 0 fully saturated rings. The highest BCUT2D eigenvalue weighted by molar-refractivity contribution is 5.75. The van der Waals surface area contributed by atoms with E-state index >= 15 is 0 Å². The summed E-state index contributed by atoms with van der Waals surface area (Å²) in [6, 6.07) is 10.2. The summed E-state index contributed by atoms with van der Waals surface area (Å²) in [5, 5.41) is 7.41. The monoisotopic (exact) mass is 270 g/mol. The van der Waals surface area contributed by atoms with Crippen molar-refractivity contribution in [2.24, 2.45) is 7.05 Å². The molecule has 0 aliphatic carbocycles. The molecule has 0 aliphatic heterocycles. The first-order valence-electron chi connectivity index (χ1n) is 6.72. The molecule has 0 aliphatic rings. The zero-order valence-electron chi connectivity index (χ0n) is 11.9. The van der Waals surface area contributed by atoms with E-state index in [0.717, 1.165) is 28.3 Å². The van der Waals surface area contributed by atoms with Crippen LogP contribution in [0, 0.1) is 6.92 Å². The maximum atomic E-state index is 5.06. The number of rotatable bonds is 4. The van der Waals surface area contributed by atoms with Crippen LogP contribution in [0.15, 0.2) is 34.9 Å². The number of hydrogen-bond donors (Lipinski definition) is 1. The molecule has 2 aromatic heterocycles. The van der Waals surface area contributed by atoms with Crippen molar-refractivity contribution < 1.29 is 4.52 Å². The Bertz CT molecular complexity index is 728. The number of fused-ring (bicyclic) bond motifs is 1. The largest absolute Gasteiger partial charge is 0.361 e. The number of nitrogens with one attached hydrogen (secondary N) is 1. The second kappa shape index (κ2) is 5.09. The smallest absolute Gasteiger partial charge is 0.133 e. The van der Waals surface area contributed by atoms with Gasteiger partial charge in [-0.15, -0.1) is 0 Å². The van der Waals surface area contributed by atoms with Crippen LogP contribution in [0.4, 0.5) is 0 Å². The van der Waals surface area contributed by atoms with Crippen LogP contribution in [0.3, 0.4) is 0 Å². The van der Waals surface area contributed by atoms with E-state index in [2.05, 4.69) is 33.0 Å². The molecule has 0 saturated heterocycles. The third kappa shape index (κ3) is 2.32. The molecule has 3 rings (SSSR count). The summed E-state index contributed by atoms with van der Waals surface area (Å²) in [5.41, 5.74) is 3.08. The van der Waals surface area contributed by atoms with Gasteiger partial charge in [0.05, 0.1) is 22.8 Å². The molecule has 0 spiro atoms. The molecule has 1 unspecified atom stereocenters. The minimum atomic E-state index is 0.143. The highest BCUT2D eigenvalue weighted by Gasteiger charge is 2.14. The van der Waals surface area contributed by atoms with E-state index in [1.807, 2.05) is 38.2 Å². The summed E-state index contributed by atoms with van der Waals surface area (Å²) in [4.78, 5) is 4.69. The first-order valence-corrected chi connectivity index (χ1v) is 6.72. The van der Waals surface area contributed by atoms with Gasteiger partial charge in [-0.1, -0.05) is 17.3 Å². The van der Waals surface area contributed by atoms with E-state index in [0.29, 0.717) is 6.54 Å². The highest BCUT2D eigenvalue weighted by atomic mass is 16.5. The lowest BCUT2D eigenvalue weighted by Gasteiger charge is -2.12. The lowest BCUT2D eigenvalue weighted by atomic mass is 10.3. The molecule has 20 heavy (non-hydrogen) atoms. The van der Waals surface area contributed by atoms with Gasteiger partial charge in [0.2, 0.25) is 0 Å². The van der Waals surface area contributed by atoms with E-state index in [1.54, 1.807) is 0 Å². The van der Waals surface area contributed by atoms with Gasteiger partial charge < -0.3 is 14.4 Å². The molecular formula is C15H18N4O. The number of aryl methyl sites for hydroxylation is 2. The first kappa shape index (κ1) is 12.9. The highest BCUT2D eigenvalue weighted by Crippen LogP contribution is 2.19. The fraction of sp³-hybridized carbons (Fsp3) is 0.333. The van der Waals surface area contributed by atoms with E-state index in [9.17, 15) is 0 Å². The Labute approximate surface area is 117 Å². The lowest BCUT2D eigenvalue weighted by Crippen LogP contribution is -2.21. The Morgan fingerprint density at radius 2 is 2.15 bits per heavy atom. The molecule has 1 atom stereocenters. The first-order chi connectivity index (χ1) is 9.65. The number of aromatic nitrogens is 3. The van der Waals surface area contributed by atoms with Gasteiger partial charge in [0.1, 0.15) is 11.6 Å². The van der Waals surface area contributed by atoms with Crippen molar-refractivity contribution in [3.8, 4) is 0 Å². The van der Waals surface area contributed by atoms with Crippen molar-refractivity contribution in [2.75, 3.05) is 0 Å². The molecule has 0 saturated carbocycles. The van der Waals surface area contributed by atoms with Crippen LogP contribution in [0.2, 0.25) is 0 Å². The normalized spacial score (nSPS) is 12.9. The summed E-state index contributed by atoms with van der Waals surface area (Å²) in [7, 11) is 2.04. The van der Waals surface area contributed by atoms with Gasteiger partial charge >= 0.3 is 0 Å². The predicted octanol–water partition coefficient (Wildman–Crippen LogP) is 2.72. The standard InChI is InChI=1S/C15H18N4O/c1-10-8-12(18-20-10)9-16-11(2)15-17-13-6-4-5-7-14(13)19(15)3/h4-8,11,16H,9H2,1-3H3. The fourth-order valence-electron chi connectivity index (χ4n) is 2.40. The van der Waals surface area contributed by atoms with Gasteiger partial charge in [-0.25, -0.2) is 4.98 Å². The van der Waals surface area contributed by atoms with Crippen molar-refractivity contribution in [3.63, 3.8) is 0 Å². The Morgan fingerprint density at radius 3 is 2.85 bits per heavy atom. The van der Waals surface area contributed by atoms with E-state index < -0.39 is 0 Å². The Hall–Kier alpha value is -2.14. The molecule has 104 valence electrons. The average molecular weight is 270 g/mol. The van der Waals surface area contributed by atoms with Crippen molar-refractivity contribution in [1.29, 1.82) is 0 Å². The zero-order chi connectivity index (χ0) is 14.1. The van der Waals surface area contributed by atoms with Crippen LogP contribution in [-0.2, 0) is 13.6 Å². The minimum Gasteiger partial charge on any atom is -0.361 e. The summed E-state index contributed by atoms with van der Waals surface area (Å²) < 4.78 is 7.19. The van der Waals surface area contributed by atoms with E-state index in [1.165, 1.54) is 0 Å². The predicted molar refractivity (Wildman–Crippen MR) is 77.2 cm³/mol. The number of nitrogens with zero attached hydrogens (tertiary/aromatic N) is 3. The van der Waals surface area contributed by atoms with Crippen LogP contribution in [-0.4, -0.2) is 14.7 Å². The summed E-state index contributed by atoms with van der Waals surface area (Å²) in [6.07, 6.45) is 0. The molecule has 0 radical (unpaired) electrons. The summed E-state index contributed by atoms with van der Waals surface area (Å²) in [6.45, 7) is 4.67. The third-order valence-electron chi connectivity index (χ3n) is 3.48.